The molecular weight excluding hydrogens is 258 g/mol. The fraction of sp³-hybridized carbons (Fsp3) is 0.600. The van der Waals surface area contributed by atoms with E-state index in [1.54, 1.807) is 0 Å². The van der Waals surface area contributed by atoms with Crippen LogP contribution in [0.2, 0.25) is 0 Å². The zero-order valence-corrected chi connectivity index (χ0v) is 12.9. The average molecular weight is 281 g/mol. The smallest absolute Gasteiger partial charge is 0.181 e. The lowest BCUT2D eigenvalue weighted by atomic mass is 9.90. The van der Waals surface area contributed by atoms with E-state index < -0.39 is 9.84 Å². The number of fused-ring (bicyclic) bond motifs is 1. The van der Waals surface area contributed by atoms with Gasteiger partial charge < -0.3 is 5.32 Å². The summed E-state index contributed by atoms with van der Waals surface area (Å²) in [5.41, 5.74) is 1.80. The summed E-state index contributed by atoms with van der Waals surface area (Å²) in [6, 6.07) is 5.92. The van der Waals surface area contributed by atoms with E-state index in [0.717, 1.165) is 24.1 Å². The van der Waals surface area contributed by atoms with Crippen molar-refractivity contribution in [3.05, 3.63) is 29.3 Å². The van der Waals surface area contributed by atoms with Crippen LogP contribution in [0.4, 0.5) is 0 Å². The molecular formula is C15H23NO2S. The first-order valence-electron chi connectivity index (χ1n) is 6.98. The predicted molar refractivity (Wildman–Crippen MR) is 78.0 cm³/mol. The minimum Gasteiger partial charge on any atom is -0.310 e. The highest BCUT2D eigenvalue weighted by Crippen LogP contribution is 2.41. The van der Waals surface area contributed by atoms with Crippen molar-refractivity contribution < 1.29 is 8.42 Å². The molecule has 1 aliphatic heterocycles. The molecule has 0 amide bonds. The van der Waals surface area contributed by atoms with Crippen molar-refractivity contribution in [1.29, 1.82) is 0 Å². The molecule has 0 saturated carbocycles. The van der Waals surface area contributed by atoms with E-state index in [2.05, 4.69) is 12.2 Å². The van der Waals surface area contributed by atoms with E-state index in [9.17, 15) is 8.42 Å². The lowest BCUT2D eigenvalue weighted by Gasteiger charge is -2.37. The second kappa shape index (κ2) is 5.25. The first kappa shape index (κ1) is 14.5. The largest absolute Gasteiger partial charge is 0.310 e. The molecule has 1 aliphatic rings. The molecule has 2 rings (SSSR count). The lowest BCUT2D eigenvalue weighted by Crippen LogP contribution is -2.42. The van der Waals surface area contributed by atoms with Crippen LogP contribution < -0.4 is 5.32 Å². The number of hydrogen-bond donors (Lipinski definition) is 1. The van der Waals surface area contributed by atoms with Crippen LogP contribution in [0.5, 0.6) is 0 Å². The van der Waals surface area contributed by atoms with E-state index in [1.165, 1.54) is 0 Å². The van der Waals surface area contributed by atoms with Gasteiger partial charge in [-0.2, -0.15) is 0 Å². The van der Waals surface area contributed by atoms with Gasteiger partial charge in [0.05, 0.1) is 10.1 Å². The molecule has 4 heteroatoms. The van der Waals surface area contributed by atoms with E-state index in [4.69, 9.17) is 0 Å². The van der Waals surface area contributed by atoms with Crippen LogP contribution in [0.1, 0.15) is 44.4 Å². The maximum atomic E-state index is 12.6. The Balaban J connectivity index is 2.59. The Labute approximate surface area is 116 Å². The molecule has 0 bridgehead atoms. The number of benzene rings is 1. The van der Waals surface area contributed by atoms with Gasteiger partial charge in [-0.15, -0.1) is 0 Å². The molecule has 1 N–H and O–H groups in total. The van der Waals surface area contributed by atoms with Crippen LogP contribution in [0.25, 0.3) is 0 Å². The Morgan fingerprint density at radius 1 is 1.26 bits per heavy atom. The molecule has 106 valence electrons. The van der Waals surface area contributed by atoms with Gasteiger partial charge in [0, 0.05) is 6.04 Å². The van der Waals surface area contributed by atoms with Gasteiger partial charge in [0.2, 0.25) is 0 Å². The summed E-state index contributed by atoms with van der Waals surface area (Å²) in [4.78, 5) is 0.550. The average Bonchev–Trinajstić information content (AvgIpc) is 2.36. The minimum absolute atomic E-state index is 0.0887. The molecule has 19 heavy (non-hydrogen) atoms. The highest BCUT2D eigenvalue weighted by molar-refractivity contribution is 7.92. The van der Waals surface area contributed by atoms with Gasteiger partial charge in [0.25, 0.3) is 0 Å². The van der Waals surface area contributed by atoms with Crippen LogP contribution >= 0.6 is 0 Å². The molecule has 3 nitrogen and oxygen atoms in total. The van der Waals surface area contributed by atoms with Crippen molar-refractivity contribution >= 4 is 9.84 Å². The van der Waals surface area contributed by atoms with Gasteiger partial charge in [-0.1, -0.05) is 32.0 Å². The summed E-state index contributed by atoms with van der Waals surface area (Å²) < 4.78 is 25.3. The van der Waals surface area contributed by atoms with Crippen LogP contribution in [0.15, 0.2) is 23.1 Å². The molecule has 0 fully saturated rings. The summed E-state index contributed by atoms with van der Waals surface area (Å²) >= 11 is 0. The Morgan fingerprint density at radius 2 is 1.95 bits per heavy atom. The fourth-order valence-corrected chi connectivity index (χ4v) is 5.06. The summed E-state index contributed by atoms with van der Waals surface area (Å²) in [6.45, 7) is 8.78. The van der Waals surface area contributed by atoms with Gasteiger partial charge >= 0.3 is 0 Å². The van der Waals surface area contributed by atoms with Crippen molar-refractivity contribution in [2.24, 2.45) is 5.92 Å². The van der Waals surface area contributed by atoms with Crippen LogP contribution in [0.3, 0.4) is 0 Å². The van der Waals surface area contributed by atoms with E-state index in [-0.39, 0.29) is 17.2 Å². The van der Waals surface area contributed by atoms with Gasteiger partial charge in [0.1, 0.15) is 0 Å². The molecule has 3 atom stereocenters. The third-order valence-corrected chi connectivity index (χ3v) is 6.77. The zero-order valence-electron chi connectivity index (χ0n) is 12.1. The normalized spacial score (nSPS) is 28.9. The number of sulfone groups is 1. The molecule has 0 saturated heterocycles. The molecule has 1 aromatic rings. The fourth-order valence-electron chi connectivity index (χ4n) is 2.93. The van der Waals surface area contributed by atoms with Crippen molar-refractivity contribution in [2.45, 2.75) is 50.3 Å². The van der Waals surface area contributed by atoms with Gasteiger partial charge in [-0.05, 0) is 43.9 Å². The number of hydrogen-bond acceptors (Lipinski definition) is 3. The molecule has 0 radical (unpaired) electrons. The summed E-state index contributed by atoms with van der Waals surface area (Å²) in [7, 11) is -3.20. The van der Waals surface area contributed by atoms with Gasteiger partial charge in [-0.3, -0.25) is 0 Å². The predicted octanol–water partition coefficient (Wildman–Crippen LogP) is 2.85. The SMILES string of the molecule is CCCNC1c2cccc(C)c2S(=O)(=O)C(C)C1C. The summed E-state index contributed by atoms with van der Waals surface area (Å²) in [5, 5.41) is 3.17. The molecule has 0 aromatic heterocycles. The van der Waals surface area contributed by atoms with Crippen LogP contribution in [-0.4, -0.2) is 20.2 Å². The monoisotopic (exact) mass is 281 g/mol. The number of aryl methyl sites for hydroxylation is 1. The first-order chi connectivity index (χ1) is 8.91. The van der Waals surface area contributed by atoms with Crippen molar-refractivity contribution in [3.8, 4) is 0 Å². The summed E-state index contributed by atoms with van der Waals surface area (Å²) in [5.74, 6) is 0.0887. The van der Waals surface area contributed by atoms with Gasteiger partial charge in [0.15, 0.2) is 9.84 Å². The van der Waals surface area contributed by atoms with Crippen molar-refractivity contribution in [1.82, 2.24) is 5.32 Å². The third kappa shape index (κ3) is 2.32. The quantitative estimate of drug-likeness (QED) is 0.926. The van der Waals surface area contributed by atoms with E-state index >= 15 is 0 Å². The highest BCUT2D eigenvalue weighted by Gasteiger charge is 2.41. The van der Waals surface area contributed by atoms with E-state index in [0.29, 0.717) is 4.90 Å². The maximum absolute atomic E-state index is 12.6. The summed E-state index contributed by atoms with van der Waals surface area (Å²) in [6.07, 6.45) is 1.05. The lowest BCUT2D eigenvalue weighted by molar-refractivity contribution is 0.358. The number of nitrogens with one attached hydrogen (secondary N) is 1. The molecule has 0 spiro atoms. The second-order valence-electron chi connectivity index (χ2n) is 5.53. The topological polar surface area (TPSA) is 46.2 Å². The zero-order chi connectivity index (χ0) is 14.2. The Morgan fingerprint density at radius 3 is 2.58 bits per heavy atom. The second-order valence-corrected chi connectivity index (χ2v) is 7.78. The first-order valence-corrected chi connectivity index (χ1v) is 8.52. The Hall–Kier alpha value is -0.870. The minimum atomic E-state index is -3.20. The van der Waals surface area contributed by atoms with Crippen LogP contribution in [0, 0.1) is 12.8 Å². The van der Waals surface area contributed by atoms with Crippen molar-refractivity contribution in [3.63, 3.8) is 0 Å². The number of rotatable bonds is 3. The van der Waals surface area contributed by atoms with E-state index in [1.807, 2.05) is 39.0 Å². The van der Waals surface area contributed by atoms with Crippen LogP contribution in [-0.2, 0) is 9.84 Å². The standard InChI is InChI=1S/C15H23NO2S/c1-5-9-16-14-11(3)12(4)19(17,18)15-10(2)7-6-8-13(14)15/h6-8,11-12,14,16H,5,9H2,1-4H3. The molecule has 3 unspecified atom stereocenters. The maximum Gasteiger partial charge on any atom is 0.181 e. The van der Waals surface area contributed by atoms with Crippen molar-refractivity contribution in [2.75, 3.05) is 6.54 Å². The molecule has 1 aromatic carbocycles. The van der Waals surface area contributed by atoms with Gasteiger partial charge in [-0.25, -0.2) is 8.42 Å². The Bertz CT molecular complexity index is 566. The Kier molecular flexibility index (Phi) is 4.02. The molecule has 1 heterocycles. The third-order valence-electron chi connectivity index (χ3n) is 4.23. The highest BCUT2D eigenvalue weighted by atomic mass is 32.2. The molecule has 0 aliphatic carbocycles.